The SMILES string of the molecule is CC[C@H](O)CN1CCN(C(=O)COCc2ccccc2Cl)CC1. The number of aliphatic hydroxyl groups excluding tert-OH is 1. The molecule has 0 spiro atoms. The molecule has 23 heavy (non-hydrogen) atoms. The zero-order valence-corrected chi connectivity index (χ0v) is 14.3. The molecule has 0 aromatic heterocycles. The molecule has 1 aliphatic heterocycles. The van der Waals surface area contributed by atoms with E-state index in [-0.39, 0.29) is 18.6 Å². The number of nitrogens with zero attached hydrogens (tertiary/aromatic N) is 2. The molecule has 0 bridgehead atoms. The van der Waals surface area contributed by atoms with Crippen molar-refractivity contribution in [3.8, 4) is 0 Å². The van der Waals surface area contributed by atoms with Crippen molar-refractivity contribution >= 4 is 17.5 Å². The van der Waals surface area contributed by atoms with Crippen LogP contribution < -0.4 is 0 Å². The van der Waals surface area contributed by atoms with Crippen LogP contribution in [0.5, 0.6) is 0 Å². The molecule has 1 amide bonds. The van der Waals surface area contributed by atoms with Crippen molar-refractivity contribution < 1.29 is 14.6 Å². The van der Waals surface area contributed by atoms with Crippen molar-refractivity contribution in [1.82, 2.24) is 9.80 Å². The molecule has 128 valence electrons. The summed E-state index contributed by atoms with van der Waals surface area (Å²) in [5.74, 6) is 0.00717. The third-order valence-corrected chi connectivity index (χ3v) is 4.47. The number of benzene rings is 1. The number of aliphatic hydroxyl groups is 1. The molecule has 0 radical (unpaired) electrons. The van der Waals surface area contributed by atoms with E-state index in [1.165, 1.54) is 0 Å². The highest BCUT2D eigenvalue weighted by Crippen LogP contribution is 2.15. The number of rotatable bonds is 7. The first-order chi connectivity index (χ1) is 11.1. The van der Waals surface area contributed by atoms with Crippen LogP contribution in [0.2, 0.25) is 5.02 Å². The average Bonchev–Trinajstić information content (AvgIpc) is 2.57. The van der Waals surface area contributed by atoms with Gasteiger partial charge in [0.25, 0.3) is 0 Å². The largest absolute Gasteiger partial charge is 0.392 e. The molecular weight excluding hydrogens is 316 g/mol. The van der Waals surface area contributed by atoms with E-state index in [1.54, 1.807) is 0 Å². The normalized spacial score (nSPS) is 17.3. The van der Waals surface area contributed by atoms with E-state index in [0.29, 0.717) is 31.3 Å². The summed E-state index contributed by atoms with van der Waals surface area (Å²) >= 11 is 6.06. The Morgan fingerprint density at radius 3 is 2.65 bits per heavy atom. The minimum atomic E-state index is -0.281. The van der Waals surface area contributed by atoms with E-state index in [2.05, 4.69) is 4.90 Å². The Balaban J connectivity index is 1.68. The van der Waals surface area contributed by atoms with Gasteiger partial charge in [-0.15, -0.1) is 0 Å². The summed E-state index contributed by atoms with van der Waals surface area (Å²) in [5.41, 5.74) is 0.889. The number of carbonyl (C=O) groups is 1. The maximum Gasteiger partial charge on any atom is 0.248 e. The third kappa shape index (κ3) is 5.77. The number of ether oxygens (including phenoxy) is 1. The minimum Gasteiger partial charge on any atom is -0.392 e. The highest BCUT2D eigenvalue weighted by atomic mass is 35.5. The van der Waals surface area contributed by atoms with E-state index < -0.39 is 0 Å². The molecule has 6 heteroatoms. The maximum atomic E-state index is 12.2. The summed E-state index contributed by atoms with van der Waals surface area (Å²) < 4.78 is 5.50. The predicted octanol–water partition coefficient (Wildman–Crippen LogP) is 1.77. The molecule has 0 aliphatic carbocycles. The van der Waals surface area contributed by atoms with Crippen LogP contribution in [0.15, 0.2) is 24.3 Å². The Bertz CT molecular complexity index is 504. The average molecular weight is 341 g/mol. The lowest BCUT2D eigenvalue weighted by atomic mass is 10.2. The van der Waals surface area contributed by atoms with E-state index in [9.17, 15) is 9.90 Å². The summed E-state index contributed by atoms with van der Waals surface area (Å²) in [4.78, 5) is 16.2. The second-order valence-electron chi connectivity index (χ2n) is 5.83. The fourth-order valence-corrected chi connectivity index (χ4v) is 2.75. The first kappa shape index (κ1) is 18.2. The zero-order valence-electron chi connectivity index (χ0n) is 13.6. The zero-order chi connectivity index (χ0) is 16.7. The van der Waals surface area contributed by atoms with Crippen LogP contribution in [-0.2, 0) is 16.1 Å². The number of piperazine rings is 1. The smallest absolute Gasteiger partial charge is 0.248 e. The molecule has 0 unspecified atom stereocenters. The van der Waals surface area contributed by atoms with E-state index in [1.807, 2.05) is 36.1 Å². The van der Waals surface area contributed by atoms with Crippen LogP contribution in [0, 0.1) is 0 Å². The van der Waals surface area contributed by atoms with Gasteiger partial charge >= 0.3 is 0 Å². The number of carbonyl (C=O) groups excluding carboxylic acids is 1. The Morgan fingerprint density at radius 1 is 1.30 bits per heavy atom. The molecule has 5 nitrogen and oxygen atoms in total. The van der Waals surface area contributed by atoms with Gasteiger partial charge in [0.15, 0.2) is 0 Å². The number of hydrogen-bond donors (Lipinski definition) is 1. The Labute approximate surface area is 142 Å². The number of β-amino-alcohol motifs (C(OH)–C–C–N with tert-alkyl or cyclic N) is 1. The van der Waals surface area contributed by atoms with Crippen molar-refractivity contribution in [2.45, 2.75) is 26.1 Å². The van der Waals surface area contributed by atoms with Crippen LogP contribution in [0.25, 0.3) is 0 Å². The van der Waals surface area contributed by atoms with Crippen molar-refractivity contribution in [1.29, 1.82) is 0 Å². The lowest BCUT2D eigenvalue weighted by Crippen LogP contribution is -2.51. The summed E-state index contributed by atoms with van der Waals surface area (Å²) in [6.07, 6.45) is 0.478. The molecule has 1 fully saturated rings. The molecular formula is C17H25ClN2O3. The van der Waals surface area contributed by atoms with Crippen LogP contribution in [0.3, 0.4) is 0 Å². The molecule has 0 saturated carbocycles. The van der Waals surface area contributed by atoms with E-state index in [4.69, 9.17) is 16.3 Å². The molecule has 2 rings (SSSR count). The molecule has 1 aromatic carbocycles. The van der Waals surface area contributed by atoms with Crippen LogP contribution >= 0.6 is 11.6 Å². The van der Waals surface area contributed by atoms with Crippen molar-refractivity contribution in [3.63, 3.8) is 0 Å². The molecule has 1 saturated heterocycles. The number of hydrogen-bond acceptors (Lipinski definition) is 4. The summed E-state index contributed by atoms with van der Waals surface area (Å²) in [7, 11) is 0. The minimum absolute atomic E-state index is 0.00717. The second kappa shape index (κ2) is 9.23. The van der Waals surface area contributed by atoms with Crippen LogP contribution in [0.1, 0.15) is 18.9 Å². The van der Waals surface area contributed by atoms with Gasteiger partial charge in [0.1, 0.15) is 6.61 Å². The monoisotopic (exact) mass is 340 g/mol. The second-order valence-corrected chi connectivity index (χ2v) is 6.23. The topological polar surface area (TPSA) is 53.0 Å². The van der Waals surface area contributed by atoms with Crippen molar-refractivity contribution in [2.75, 3.05) is 39.3 Å². The number of amides is 1. The fourth-order valence-electron chi connectivity index (χ4n) is 2.56. The lowest BCUT2D eigenvalue weighted by Gasteiger charge is -2.35. The van der Waals surface area contributed by atoms with Gasteiger partial charge in [0.05, 0.1) is 12.7 Å². The standard InChI is InChI=1S/C17H25ClN2O3/c1-2-15(21)11-19-7-9-20(10-8-19)17(22)13-23-12-14-5-3-4-6-16(14)18/h3-6,15,21H,2,7-13H2,1H3/t15-/m0/s1. The van der Waals surface area contributed by atoms with Crippen molar-refractivity contribution in [2.24, 2.45) is 0 Å². The highest BCUT2D eigenvalue weighted by molar-refractivity contribution is 6.31. The van der Waals surface area contributed by atoms with Gasteiger partial charge in [0.2, 0.25) is 5.91 Å². The summed E-state index contributed by atoms with van der Waals surface area (Å²) in [6.45, 7) is 6.04. The van der Waals surface area contributed by atoms with Gasteiger partial charge in [-0.2, -0.15) is 0 Å². The first-order valence-corrected chi connectivity index (χ1v) is 8.47. The predicted molar refractivity (Wildman–Crippen MR) is 90.4 cm³/mol. The van der Waals surface area contributed by atoms with Gasteiger partial charge in [-0.05, 0) is 18.1 Å². The van der Waals surface area contributed by atoms with Gasteiger partial charge in [0, 0.05) is 37.7 Å². The van der Waals surface area contributed by atoms with Gasteiger partial charge < -0.3 is 14.7 Å². The number of halogens is 1. The van der Waals surface area contributed by atoms with E-state index >= 15 is 0 Å². The van der Waals surface area contributed by atoms with Gasteiger partial charge in [-0.1, -0.05) is 36.7 Å². The Kier molecular flexibility index (Phi) is 7.30. The molecule has 1 aliphatic rings. The van der Waals surface area contributed by atoms with Crippen LogP contribution in [0.4, 0.5) is 0 Å². The Hall–Kier alpha value is -1.14. The maximum absolute atomic E-state index is 12.2. The molecule has 1 heterocycles. The van der Waals surface area contributed by atoms with Crippen LogP contribution in [-0.4, -0.2) is 66.2 Å². The Morgan fingerprint density at radius 2 is 2.00 bits per heavy atom. The summed E-state index contributed by atoms with van der Waals surface area (Å²) in [6, 6.07) is 7.47. The van der Waals surface area contributed by atoms with Crippen molar-refractivity contribution in [3.05, 3.63) is 34.9 Å². The molecule has 1 N–H and O–H groups in total. The quantitative estimate of drug-likeness (QED) is 0.822. The highest BCUT2D eigenvalue weighted by Gasteiger charge is 2.22. The first-order valence-electron chi connectivity index (χ1n) is 8.09. The molecule has 1 atom stereocenters. The molecule has 1 aromatic rings. The fraction of sp³-hybridized carbons (Fsp3) is 0.588. The third-order valence-electron chi connectivity index (χ3n) is 4.11. The van der Waals surface area contributed by atoms with Gasteiger partial charge in [-0.25, -0.2) is 0 Å². The van der Waals surface area contributed by atoms with E-state index in [0.717, 1.165) is 25.1 Å². The van der Waals surface area contributed by atoms with Gasteiger partial charge in [-0.3, -0.25) is 9.69 Å². The summed E-state index contributed by atoms with van der Waals surface area (Å²) in [5, 5.41) is 10.3. The lowest BCUT2D eigenvalue weighted by molar-refractivity contribution is -0.138.